The highest BCUT2D eigenvalue weighted by Gasteiger charge is 2.33. The van der Waals surface area contributed by atoms with Crippen LogP contribution in [0, 0.1) is 13.8 Å². The predicted molar refractivity (Wildman–Crippen MR) is 154 cm³/mol. The van der Waals surface area contributed by atoms with E-state index in [1.54, 1.807) is 25.1 Å². The normalized spacial score (nSPS) is 12.0. The minimum absolute atomic E-state index is 0.0884. The van der Waals surface area contributed by atoms with Crippen LogP contribution in [0.25, 0.3) is 0 Å². The molecule has 4 rings (SSSR count). The molecule has 0 radical (unpaired) electrons. The number of anilines is 3. The lowest BCUT2D eigenvalue weighted by Crippen LogP contribution is -2.38. The molecule has 4 aromatic carbocycles. The number of carbonyl (C=O) groups is 1. The molecule has 0 saturated carbocycles. The average Bonchev–Trinajstić information content (AvgIpc) is 2.91. The fourth-order valence-corrected chi connectivity index (χ4v) is 6.42. The second-order valence-electron chi connectivity index (χ2n) is 9.42. The van der Waals surface area contributed by atoms with Gasteiger partial charge in [0.2, 0.25) is 5.91 Å². The second-order valence-corrected chi connectivity index (χ2v) is 13.0. The number of benzene rings is 4. The van der Waals surface area contributed by atoms with Gasteiger partial charge in [-0.3, -0.25) is 13.8 Å². The molecular formula is C29H26F3N3O5S2. The molecule has 4 aromatic rings. The molecule has 0 aliphatic heterocycles. The Morgan fingerprint density at radius 1 is 0.738 bits per heavy atom. The summed E-state index contributed by atoms with van der Waals surface area (Å²) in [5, 5.41) is 2.47. The zero-order valence-electron chi connectivity index (χ0n) is 22.4. The lowest BCUT2D eigenvalue weighted by atomic mass is 10.2. The van der Waals surface area contributed by atoms with E-state index in [1.807, 2.05) is 13.0 Å². The van der Waals surface area contributed by atoms with Gasteiger partial charge >= 0.3 is 6.18 Å². The van der Waals surface area contributed by atoms with Crippen molar-refractivity contribution in [1.29, 1.82) is 0 Å². The van der Waals surface area contributed by atoms with Gasteiger partial charge in [-0.05, 0) is 86.1 Å². The van der Waals surface area contributed by atoms with Crippen LogP contribution in [0.4, 0.5) is 30.2 Å². The fraction of sp³-hybridized carbons (Fsp3) is 0.138. The van der Waals surface area contributed by atoms with Gasteiger partial charge in [-0.25, -0.2) is 16.8 Å². The maximum atomic E-state index is 13.5. The average molecular weight is 618 g/mol. The largest absolute Gasteiger partial charge is 0.416 e. The Hall–Kier alpha value is -4.36. The van der Waals surface area contributed by atoms with Crippen LogP contribution in [0.15, 0.2) is 107 Å². The number of amides is 1. The molecule has 0 atom stereocenters. The summed E-state index contributed by atoms with van der Waals surface area (Å²) in [6.07, 6.45) is -4.74. The standard InChI is InChI=1S/C29H26F3N3O5S2/c1-20-9-13-27(14-10-20)42(39,40)35(25-8-4-6-22(18-25)29(30,31)32)19-28(36)33-23-11-15-26(16-12-23)41(37,38)34-24-7-3-5-21(2)17-24/h3-18,34H,19H2,1-2H3,(H,33,36). The van der Waals surface area contributed by atoms with E-state index in [9.17, 15) is 34.8 Å². The van der Waals surface area contributed by atoms with Crippen molar-refractivity contribution in [2.24, 2.45) is 0 Å². The van der Waals surface area contributed by atoms with Crippen molar-refractivity contribution in [2.45, 2.75) is 29.8 Å². The summed E-state index contributed by atoms with van der Waals surface area (Å²) in [5.41, 5.74) is 0.696. The molecule has 220 valence electrons. The van der Waals surface area contributed by atoms with Gasteiger partial charge in [0.05, 0.1) is 21.0 Å². The van der Waals surface area contributed by atoms with Crippen LogP contribution in [0.5, 0.6) is 0 Å². The van der Waals surface area contributed by atoms with Gasteiger partial charge in [-0.2, -0.15) is 13.2 Å². The number of hydrogen-bond donors (Lipinski definition) is 2. The van der Waals surface area contributed by atoms with Crippen LogP contribution < -0.4 is 14.3 Å². The highest BCUT2D eigenvalue weighted by molar-refractivity contribution is 7.93. The van der Waals surface area contributed by atoms with Crippen molar-refractivity contribution in [3.8, 4) is 0 Å². The summed E-state index contributed by atoms with van der Waals surface area (Å²) >= 11 is 0. The smallest absolute Gasteiger partial charge is 0.325 e. The topological polar surface area (TPSA) is 113 Å². The molecule has 42 heavy (non-hydrogen) atoms. The molecule has 0 fully saturated rings. The minimum Gasteiger partial charge on any atom is -0.325 e. The zero-order chi connectivity index (χ0) is 30.7. The number of sulfonamides is 2. The van der Waals surface area contributed by atoms with Crippen LogP contribution in [-0.2, 0) is 31.0 Å². The summed E-state index contributed by atoms with van der Waals surface area (Å²) in [6.45, 7) is 2.70. The summed E-state index contributed by atoms with van der Waals surface area (Å²) < 4.78 is 95.8. The monoisotopic (exact) mass is 617 g/mol. The van der Waals surface area contributed by atoms with Crippen molar-refractivity contribution in [1.82, 2.24) is 0 Å². The molecule has 0 unspecified atom stereocenters. The van der Waals surface area contributed by atoms with E-state index in [2.05, 4.69) is 10.0 Å². The molecule has 13 heteroatoms. The van der Waals surface area contributed by atoms with Crippen LogP contribution >= 0.6 is 0 Å². The molecule has 2 N–H and O–H groups in total. The van der Waals surface area contributed by atoms with Crippen LogP contribution in [0.2, 0.25) is 0 Å². The Balaban J connectivity index is 1.58. The quantitative estimate of drug-likeness (QED) is 0.241. The van der Waals surface area contributed by atoms with Crippen molar-refractivity contribution in [3.05, 3.63) is 114 Å². The third kappa shape index (κ3) is 7.28. The van der Waals surface area contributed by atoms with Crippen molar-refractivity contribution < 1.29 is 34.8 Å². The molecule has 0 aliphatic rings. The third-order valence-electron chi connectivity index (χ3n) is 6.08. The van der Waals surface area contributed by atoms with Gasteiger partial charge in [0.25, 0.3) is 20.0 Å². The van der Waals surface area contributed by atoms with E-state index < -0.39 is 44.2 Å². The number of rotatable bonds is 9. The van der Waals surface area contributed by atoms with Gasteiger partial charge in [0, 0.05) is 11.4 Å². The first-order chi connectivity index (χ1) is 19.6. The van der Waals surface area contributed by atoms with E-state index in [-0.39, 0.29) is 21.2 Å². The predicted octanol–water partition coefficient (Wildman–Crippen LogP) is 5.96. The van der Waals surface area contributed by atoms with E-state index in [1.165, 1.54) is 48.5 Å². The molecule has 0 bridgehead atoms. The molecule has 8 nitrogen and oxygen atoms in total. The van der Waals surface area contributed by atoms with Gasteiger partial charge in [0.15, 0.2) is 0 Å². The van der Waals surface area contributed by atoms with Crippen LogP contribution in [0.1, 0.15) is 16.7 Å². The molecule has 0 aliphatic carbocycles. The first kappa shape index (κ1) is 30.6. The SMILES string of the molecule is Cc1ccc(S(=O)(=O)N(CC(=O)Nc2ccc(S(=O)(=O)Nc3cccc(C)c3)cc2)c2cccc(C(F)(F)F)c2)cc1. The van der Waals surface area contributed by atoms with Crippen molar-refractivity contribution in [3.63, 3.8) is 0 Å². The molecule has 0 spiro atoms. The van der Waals surface area contributed by atoms with Crippen LogP contribution in [-0.4, -0.2) is 29.3 Å². The van der Waals surface area contributed by atoms with E-state index in [4.69, 9.17) is 0 Å². The summed E-state index contributed by atoms with van der Waals surface area (Å²) in [5.74, 6) is -0.864. The number of alkyl halides is 3. The van der Waals surface area contributed by atoms with Gasteiger partial charge in [-0.15, -0.1) is 0 Å². The summed E-state index contributed by atoms with van der Waals surface area (Å²) in [4.78, 5) is 12.7. The van der Waals surface area contributed by atoms with E-state index in [0.717, 1.165) is 29.3 Å². The van der Waals surface area contributed by atoms with Gasteiger partial charge in [-0.1, -0.05) is 35.9 Å². The van der Waals surface area contributed by atoms with E-state index >= 15 is 0 Å². The second kappa shape index (κ2) is 11.9. The Morgan fingerprint density at radius 2 is 1.36 bits per heavy atom. The molecule has 0 saturated heterocycles. The zero-order valence-corrected chi connectivity index (χ0v) is 24.0. The van der Waals surface area contributed by atoms with E-state index in [0.29, 0.717) is 16.1 Å². The molecule has 1 amide bonds. The lowest BCUT2D eigenvalue weighted by Gasteiger charge is -2.25. The third-order valence-corrected chi connectivity index (χ3v) is 9.26. The number of carbonyl (C=O) groups excluding carboxylic acids is 1. The Labute approximate surface area is 241 Å². The fourth-order valence-electron chi connectivity index (χ4n) is 3.96. The molecule has 0 heterocycles. The number of halogens is 3. The Morgan fingerprint density at radius 3 is 1.98 bits per heavy atom. The maximum absolute atomic E-state index is 13.5. The van der Waals surface area contributed by atoms with Gasteiger partial charge < -0.3 is 5.32 Å². The maximum Gasteiger partial charge on any atom is 0.416 e. The van der Waals surface area contributed by atoms with Gasteiger partial charge in [0.1, 0.15) is 6.54 Å². The number of hydrogen-bond acceptors (Lipinski definition) is 5. The first-order valence-corrected chi connectivity index (χ1v) is 15.3. The Kier molecular flexibility index (Phi) is 8.64. The van der Waals surface area contributed by atoms with Crippen LogP contribution in [0.3, 0.4) is 0 Å². The highest BCUT2D eigenvalue weighted by atomic mass is 32.2. The number of nitrogens with one attached hydrogen (secondary N) is 2. The highest BCUT2D eigenvalue weighted by Crippen LogP contribution is 2.33. The van der Waals surface area contributed by atoms with Crippen molar-refractivity contribution in [2.75, 3.05) is 20.9 Å². The van der Waals surface area contributed by atoms with Crippen molar-refractivity contribution >= 4 is 43.0 Å². The summed E-state index contributed by atoms with van der Waals surface area (Å²) in [7, 11) is -8.40. The number of aryl methyl sites for hydroxylation is 2. The Bertz CT molecular complexity index is 1810. The molecule has 0 aromatic heterocycles. The summed E-state index contributed by atoms with van der Waals surface area (Å²) in [6, 6.07) is 21.2. The number of nitrogens with zero attached hydrogens (tertiary/aromatic N) is 1. The first-order valence-electron chi connectivity index (χ1n) is 12.4. The lowest BCUT2D eigenvalue weighted by molar-refractivity contribution is -0.137. The minimum atomic E-state index is -4.74. The molecular weight excluding hydrogens is 591 g/mol.